The third-order valence-electron chi connectivity index (χ3n) is 6.35. The van der Waals surface area contributed by atoms with Crippen molar-refractivity contribution in [1.82, 2.24) is 14.1 Å². The van der Waals surface area contributed by atoms with E-state index < -0.39 is 33.9 Å². The van der Waals surface area contributed by atoms with E-state index in [4.69, 9.17) is 34.8 Å². The first kappa shape index (κ1) is 29.7. The van der Waals surface area contributed by atoms with Crippen molar-refractivity contribution in [2.75, 3.05) is 4.72 Å². The lowest BCUT2D eigenvalue weighted by molar-refractivity contribution is -0.139. The number of hydrogen-bond donors (Lipinski definition) is 3. The number of halogens is 3. The van der Waals surface area contributed by atoms with Crippen molar-refractivity contribution in [2.45, 2.75) is 16.9 Å². The Hall–Kier alpha value is -3.74. The molecule has 9 nitrogen and oxygen atoms in total. The van der Waals surface area contributed by atoms with Crippen molar-refractivity contribution in [3.63, 3.8) is 0 Å². The van der Waals surface area contributed by atoms with Crippen molar-refractivity contribution >= 4 is 85.2 Å². The first-order valence-corrected chi connectivity index (χ1v) is 15.5. The largest absolute Gasteiger partial charge is 0.480 e. The van der Waals surface area contributed by atoms with Crippen LogP contribution in [0, 0.1) is 0 Å². The molecule has 0 fully saturated rings. The Labute approximate surface area is 259 Å². The van der Waals surface area contributed by atoms with Crippen LogP contribution in [0.4, 0.5) is 5.69 Å². The summed E-state index contributed by atoms with van der Waals surface area (Å²) in [5, 5.41) is 13.9. The zero-order valence-electron chi connectivity index (χ0n) is 21.2. The van der Waals surface area contributed by atoms with Gasteiger partial charge in [0, 0.05) is 21.0 Å². The van der Waals surface area contributed by atoms with E-state index in [1.165, 1.54) is 30.3 Å². The molecule has 0 aliphatic heterocycles. The number of amides is 1. The number of carbonyl (C=O) groups excluding carboxylic acids is 1. The van der Waals surface area contributed by atoms with Gasteiger partial charge in [0.1, 0.15) is 22.0 Å². The summed E-state index contributed by atoms with van der Waals surface area (Å²) in [6.45, 7) is 0. The molecule has 0 spiro atoms. The number of aromatic nitrogens is 2. The number of rotatable bonds is 9. The quantitative estimate of drug-likeness (QED) is 0.165. The third kappa shape index (κ3) is 6.35. The number of sulfonamides is 1. The lowest BCUT2D eigenvalue weighted by Crippen LogP contribution is -2.45. The van der Waals surface area contributed by atoms with Gasteiger partial charge in [0.15, 0.2) is 0 Å². The van der Waals surface area contributed by atoms with Gasteiger partial charge in [0.25, 0.3) is 15.9 Å². The van der Waals surface area contributed by atoms with Crippen LogP contribution in [0.15, 0.2) is 89.8 Å². The molecule has 0 aliphatic rings. The van der Waals surface area contributed by atoms with Gasteiger partial charge in [-0.1, -0.05) is 65.1 Å². The molecule has 0 radical (unpaired) electrons. The van der Waals surface area contributed by atoms with Crippen molar-refractivity contribution in [3.05, 3.63) is 117 Å². The summed E-state index contributed by atoms with van der Waals surface area (Å²) >= 11 is 19.2. The van der Waals surface area contributed by atoms with Gasteiger partial charge in [-0.15, -0.1) is 0 Å². The lowest BCUT2D eigenvalue weighted by Gasteiger charge is -2.26. The standard InChI is InChI=1S/C28H19Cl3N4O5S2/c29-17-8-4-15(5-9-17)24(16-6-10-18(30)11-7-16)26(28(37)38)32-27(36)20-13-12-19(31)14-22(20)35-42(39,40)23-3-1-2-21-25(23)34-41-33-21/h1-14,24,26,35H,(H,32,36)(H,37,38). The molecule has 3 N–H and O–H groups in total. The Kier molecular flexibility index (Phi) is 8.67. The number of hydrogen-bond acceptors (Lipinski definition) is 7. The molecule has 1 atom stereocenters. The number of nitrogens with zero attached hydrogens (tertiary/aromatic N) is 2. The fourth-order valence-corrected chi connectivity index (χ4v) is 6.68. The fourth-order valence-electron chi connectivity index (χ4n) is 4.42. The number of fused-ring (bicyclic) bond motifs is 1. The minimum absolute atomic E-state index is 0.144. The van der Waals surface area contributed by atoms with Gasteiger partial charge in [-0.05, 0) is 65.7 Å². The number of anilines is 1. The summed E-state index contributed by atoms with van der Waals surface area (Å²) in [5.41, 5.74) is 1.39. The lowest BCUT2D eigenvalue weighted by atomic mass is 9.84. The summed E-state index contributed by atoms with van der Waals surface area (Å²) in [6, 6.07) is 20.1. The van der Waals surface area contributed by atoms with E-state index >= 15 is 0 Å². The zero-order valence-corrected chi connectivity index (χ0v) is 25.1. The maximum Gasteiger partial charge on any atom is 0.327 e. The molecule has 1 aromatic heterocycles. The first-order chi connectivity index (χ1) is 20.0. The molecule has 0 bridgehead atoms. The molecule has 214 valence electrons. The van der Waals surface area contributed by atoms with Crippen LogP contribution in [0.5, 0.6) is 0 Å². The smallest absolute Gasteiger partial charge is 0.327 e. The monoisotopic (exact) mass is 660 g/mol. The third-order valence-corrected chi connectivity index (χ3v) is 9.03. The Morgan fingerprint density at radius 3 is 2.00 bits per heavy atom. The van der Waals surface area contributed by atoms with Gasteiger partial charge in [-0.25, -0.2) is 13.2 Å². The highest BCUT2D eigenvalue weighted by molar-refractivity contribution is 7.93. The SMILES string of the molecule is O=C(NC(C(=O)O)C(c1ccc(Cl)cc1)c1ccc(Cl)cc1)c1ccc(Cl)cc1NS(=O)(=O)c1cccc2nsnc12. The second-order valence-corrected chi connectivity index (χ2v) is 12.5. The number of carboxylic acid groups (broad SMARTS) is 1. The molecule has 1 heterocycles. The minimum atomic E-state index is -4.26. The van der Waals surface area contributed by atoms with E-state index in [0.29, 0.717) is 26.7 Å². The summed E-state index contributed by atoms with van der Waals surface area (Å²) in [6.07, 6.45) is 0. The highest BCUT2D eigenvalue weighted by Gasteiger charge is 2.33. The molecule has 5 aromatic rings. The van der Waals surface area contributed by atoms with Crippen LogP contribution >= 0.6 is 46.5 Å². The Bertz CT molecular complexity index is 1850. The summed E-state index contributed by atoms with van der Waals surface area (Å²) < 4.78 is 37.3. The summed E-state index contributed by atoms with van der Waals surface area (Å²) in [4.78, 5) is 26.1. The van der Waals surface area contributed by atoms with E-state index in [2.05, 4.69) is 18.8 Å². The van der Waals surface area contributed by atoms with E-state index in [0.717, 1.165) is 11.7 Å². The number of carbonyl (C=O) groups is 2. The Morgan fingerprint density at radius 2 is 1.40 bits per heavy atom. The number of benzene rings is 4. The number of carboxylic acids is 1. The zero-order chi connectivity index (χ0) is 30.0. The maximum absolute atomic E-state index is 13.6. The van der Waals surface area contributed by atoms with Crippen LogP contribution in [0.25, 0.3) is 11.0 Å². The van der Waals surface area contributed by atoms with Gasteiger partial charge in [0.2, 0.25) is 0 Å². The van der Waals surface area contributed by atoms with E-state index in [9.17, 15) is 23.1 Å². The molecule has 1 amide bonds. The average Bonchev–Trinajstić information content (AvgIpc) is 3.43. The second kappa shape index (κ2) is 12.2. The molecule has 5 rings (SSSR count). The predicted molar refractivity (Wildman–Crippen MR) is 163 cm³/mol. The van der Waals surface area contributed by atoms with Crippen LogP contribution in [-0.4, -0.2) is 40.2 Å². The number of aliphatic carboxylic acids is 1. The van der Waals surface area contributed by atoms with Crippen molar-refractivity contribution in [1.29, 1.82) is 0 Å². The van der Waals surface area contributed by atoms with Gasteiger partial charge < -0.3 is 10.4 Å². The molecule has 0 aliphatic carbocycles. The second-order valence-electron chi connectivity index (χ2n) is 9.05. The molecular formula is C28H19Cl3N4O5S2. The van der Waals surface area contributed by atoms with E-state index in [1.54, 1.807) is 54.6 Å². The van der Waals surface area contributed by atoms with Crippen molar-refractivity contribution in [3.8, 4) is 0 Å². The molecule has 4 aromatic carbocycles. The summed E-state index contributed by atoms with van der Waals surface area (Å²) in [5.74, 6) is -3.03. The van der Waals surface area contributed by atoms with Crippen LogP contribution in [0.1, 0.15) is 27.4 Å². The average molecular weight is 662 g/mol. The highest BCUT2D eigenvalue weighted by atomic mass is 35.5. The van der Waals surface area contributed by atoms with Crippen molar-refractivity contribution in [2.24, 2.45) is 0 Å². The first-order valence-electron chi connectivity index (χ1n) is 12.1. The normalized spacial score (nSPS) is 12.3. The maximum atomic E-state index is 13.6. The molecule has 14 heteroatoms. The molecule has 0 saturated carbocycles. The summed E-state index contributed by atoms with van der Waals surface area (Å²) in [7, 11) is -4.26. The van der Waals surface area contributed by atoms with Gasteiger partial charge in [0.05, 0.1) is 23.0 Å². The van der Waals surface area contributed by atoms with Gasteiger partial charge in [-0.3, -0.25) is 9.52 Å². The Balaban J connectivity index is 1.52. The van der Waals surface area contributed by atoms with Gasteiger partial charge >= 0.3 is 5.97 Å². The number of nitrogens with one attached hydrogen (secondary N) is 2. The Morgan fingerprint density at radius 1 is 0.810 bits per heavy atom. The van der Waals surface area contributed by atoms with E-state index in [1.807, 2.05) is 0 Å². The molecular weight excluding hydrogens is 643 g/mol. The van der Waals surface area contributed by atoms with Crippen LogP contribution < -0.4 is 10.0 Å². The van der Waals surface area contributed by atoms with Crippen molar-refractivity contribution < 1.29 is 23.1 Å². The molecule has 42 heavy (non-hydrogen) atoms. The molecule has 1 unspecified atom stereocenters. The van der Waals surface area contributed by atoms with Crippen LogP contribution in [-0.2, 0) is 14.8 Å². The highest BCUT2D eigenvalue weighted by Crippen LogP contribution is 2.32. The predicted octanol–water partition coefficient (Wildman–Crippen LogP) is 6.47. The van der Waals surface area contributed by atoms with Gasteiger partial charge in [-0.2, -0.15) is 8.75 Å². The van der Waals surface area contributed by atoms with Crippen LogP contribution in [0.2, 0.25) is 15.1 Å². The van der Waals surface area contributed by atoms with E-state index in [-0.39, 0.29) is 26.7 Å². The van der Waals surface area contributed by atoms with Crippen LogP contribution in [0.3, 0.4) is 0 Å². The topological polar surface area (TPSA) is 138 Å². The molecule has 0 saturated heterocycles. The fraction of sp³-hybridized carbons (Fsp3) is 0.0714. The minimum Gasteiger partial charge on any atom is -0.480 e.